The normalized spacial score (nSPS) is 27.4. The molecule has 0 aromatic heterocycles. The van der Waals surface area contributed by atoms with Crippen LogP contribution in [0.3, 0.4) is 0 Å². The van der Waals surface area contributed by atoms with Crippen molar-refractivity contribution < 1.29 is 14.7 Å². The zero-order valence-electron chi connectivity index (χ0n) is 10.9. The Bertz CT molecular complexity index is 328. The fraction of sp³-hybridized carbons (Fsp3) is 0.846. The van der Waals surface area contributed by atoms with Crippen LogP contribution < -0.4 is 5.32 Å². The molecule has 5 heteroatoms. The van der Waals surface area contributed by atoms with Gasteiger partial charge in [0.25, 0.3) is 0 Å². The molecule has 0 radical (unpaired) electrons. The van der Waals surface area contributed by atoms with Gasteiger partial charge in [-0.05, 0) is 39.2 Å². The van der Waals surface area contributed by atoms with Crippen LogP contribution in [0.1, 0.15) is 32.1 Å². The van der Waals surface area contributed by atoms with Crippen LogP contribution in [0.2, 0.25) is 0 Å². The van der Waals surface area contributed by atoms with Gasteiger partial charge in [-0.2, -0.15) is 0 Å². The van der Waals surface area contributed by atoms with Gasteiger partial charge in [0, 0.05) is 25.0 Å². The summed E-state index contributed by atoms with van der Waals surface area (Å²) in [4.78, 5) is 24.9. The predicted octanol–water partition coefficient (Wildman–Crippen LogP) is 0.698. The summed E-state index contributed by atoms with van der Waals surface area (Å²) in [6.07, 6.45) is 4.39. The molecule has 0 bridgehead atoms. The average Bonchev–Trinajstić information content (AvgIpc) is 3.05. The number of rotatable bonds is 6. The first-order chi connectivity index (χ1) is 8.58. The number of carboxylic acids is 1. The van der Waals surface area contributed by atoms with Crippen molar-refractivity contribution in [1.82, 2.24) is 10.2 Å². The molecule has 1 amide bonds. The fourth-order valence-electron chi connectivity index (χ4n) is 2.64. The monoisotopic (exact) mass is 254 g/mol. The molecule has 102 valence electrons. The Morgan fingerprint density at radius 2 is 1.89 bits per heavy atom. The van der Waals surface area contributed by atoms with Gasteiger partial charge in [0.1, 0.15) is 0 Å². The van der Waals surface area contributed by atoms with E-state index in [0.29, 0.717) is 31.8 Å². The molecule has 2 unspecified atom stereocenters. The van der Waals surface area contributed by atoms with E-state index in [1.54, 1.807) is 0 Å². The SMILES string of the molecule is CN(CCNC(=O)C1CCC(C(=O)O)C1)C1CC1. The highest BCUT2D eigenvalue weighted by Crippen LogP contribution is 2.31. The van der Waals surface area contributed by atoms with Crippen LogP contribution >= 0.6 is 0 Å². The molecule has 2 rings (SSSR count). The lowest BCUT2D eigenvalue weighted by Crippen LogP contribution is -2.36. The highest BCUT2D eigenvalue weighted by atomic mass is 16.4. The van der Waals surface area contributed by atoms with Crippen molar-refractivity contribution in [3.8, 4) is 0 Å². The molecule has 2 atom stereocenters. The van der Waals surface area contributed by atoms with Crippen molar-refractivity contribution in [3.05, 3.63) is 0 Å². The number of hydrogen-bond acceptors (Lipinski definition) is 3. The van der Waals surface area contributed by atoms with E-state index >= 15 is 0 Å². The van der Waals surface area contributed by atoms with Gasteiger partial charge in [0.15, 0.2) is 0 Å². The molecule has 0 aromatic rings. The molecular formula is C13H22N2O3. The lowest BCUT2D eigenvalue weighted by Gasteiger charge is -2.17. The lowest BCUT2D eigenvalue weighted by atomic mass is 10.0. The first kappa shape index (κ1) is 13.3. The first-order valence-electron chi connectivity index (χ1n) is 6.78. The standard InChI is InChI=1S/C13H22N2O3/c1-15(11-4-5-11)7-6-14-12(16)9-2-3-10(8-9)13(17)18/h9-11H,2-8H2,1H3,(H,14,16)(H,17,18). The molecule has 2 aliphatic carbocycles. The van der Waals surface area contributed by atoms with Gasteiger partial charge in [-0.3, -0.25) is 9.59 Å². The lowest BCUT2D eigenvalue weighted by molar-refractivity contribution is -0.141. The zero-order valence-corrected chi connectivity index (χ0v) is 10.9. The van der Waals surface area contributed by atoms with E-state index in [2.05, 4.69) is 17.3 Å². The van der Waals surface area contributed by atoms with Crippen LogP contribution in [0.4, 0.5) is 0 Å². The van der Waals surface area contributed by atoms with Crippen molar-refractivity contribution in [1.29, 1.82) is 0 Å². The number of amides is 1. The van der Waals surface area contributed by atoms with E-state index in [1.807, 2.05) is 0 Å². The summed E-state index contributed by atoms with van der Waals surface area (Å²) in [7, 11) is 2.08. The number of nitrogens with zero attached hydrogens (tertiary/aromatic N) is 1. The summed E-state index contributed by atoms with van der Waals surface area (Å²) < 4.78 is 0. The van der Waals surface area contributed by atoms with Gasteiger partial charge < -0.3 is 15.3 Å². The Labute approximate surface area is 108 Å². The van der Waals surface area contributed by atoms with Crippen molar-refractivity contribution in [2.45, 2.75) is 38.1 Å². The predicted molar refractivity (Wildman–Crippen MR) is 67.1 cm³/mol. The zero-order chi connectivity index (χ0) is 13.1. The highest BCUT2D eigenvalue weighted by molar-refractivity contribution is 5.80. The third-order valence-electron chi connectivity index (χ3n) is 4.09. The molecule has 2 N–H and O–H groups in total. The molecule has 2 aliphatic rings. The number of likely N-dealkylation sites (N-methyl/N-ethyl adjacent to an activating group) is 1. The molecular weight excluding hydrogens is 232 g/mol. The number of nitrogens with one attached hydrogen (secondary N) is 1. The Balaban J connectivity index is 1.64. The molecule has 0 saturated heterocycles. The second-order valence-electron chi connectivity index (χ2n) is 5.55. The largest absolute Gasteiger partial charge is 0.481 e. The molecule has 18 heavy (non-hydrogen) atoms. The molecule has 2 fully saturated rings. The summed E-state index contributed by atoms with van der Waals surface area (Å²) in [6, 6.07) is 0.713. The number of hydrogen-bond donors (Lipinski definition) is 2. The molecule has 0 aliphatic heterocycles. The average molecular weight is 254 g/mol. The Morgan fingerprint density at radius 1 is 1.22 bits per heavy atom. The van der Waals surface area contributed by atoms with Crippen molar-refractivity contribution in [2.24, 2.45) is 11.8 Å². The van der Waals surface area contributed by atoms with Crippen molar-refractivity contribution in [3.63, 3.8) is 0 Å². The van der Waals surface area contributed by atoms with Gasteiger partial charge >= 0.3 is 5.97 Å². The van der Waals surface area contributed by atoms with Gasteiger partial charge in [0.2, 0.25) is 5.91 Å². The molecule has 0 aromatic carbocycles. The third kappa shape index (κ3) is 3.45. The molecule has 0 heterocycles. The first-order valence-corrected chi connectivity index (χ1v) is 6.78. The van der Waals surface area contributed by atoms with Gasteiger partial charge in [-0.1, -0.05) is 0 Å². The Kier molecular flexibility index (Phi) is 4.22. The minimum absolute atomic E-state index is 0.0305. The summed E-state index contributed by atoms with van der Waals surface area (Å²) in [5.74, 6) is -1.16. The van der Waals surface area contributed by atoms with Crippen LogP contribution in [-0.2, 0) is 9.59 Å². The summed E-state index contributed by atoms with van der Waals surface area (Å²) in [6.45, 7) is 1.55. The van der Waals surface area contributed by atoms with Crippen molar-refractivity contribution >= 4 is 11.9 Å². The summed E-state index contributed by atoms with van der Waals surface area (Å²) >= 11 is 0. The molecule has 5 nitrogen and oxygen atoms in total. The number of aliphatic carboxylic acids is 1. The van der Waals surface area contributed by atoms with E-state index in [-0.39, 0.29) is 17.7 Å². The third-order valence-corrected chi connectivity index (χ3v) is 4.09. The van der Waals surface area contributed by atoms with Crippen LogP contribution in [0.5, 0.6) is 0 Å². The van der Waals surface area contributed by atoms with Crippen molar-refractivity contribution in [2.75, 3.05) is 20.1 Å². The maximum absolute atomic E-state index is 11.9. The number of carbonyl (C=O) groups is 2. The molecule has 0 spiro atoms. The van der Waals surface area contributed by atoms with E-state index in [4.69, 9.17) is 5.11 Å². The van der Waals surface area contributed by atoms with Crippen LogP contribution in [0, 0.1) is 11.8 Å². The quantitative estimate of drug-likeness (QED) is 0.732. The fourth-order valence-corrected chi connectivity index (χ4v) is 2.64. The maximum Gasteiger partial charge on any atom is 0.306 e. The van der Waals surface area contributed by atoms with Gasteiger partial charge in [-0.25, -0.2) is 0 Å². The van der Waals surface area contributed by atoms with Crippen LogP contribution in [0.25, 0.3) is 0 Å². The van der Waals surface area contributed by atoms with Crippen LogP contribution in [0.15, 0.2) is 0 Å². The number of carbonyl (C=O) groups excluding carboxylic acids is 1. The minimum atomic E-state index is -0.765. The van der Waals surface area contributed by atoms with E-state index in [1.165, 1.54) is 12.8 Å². The molecule has 2 saturated carbocycles. The van der Waals surface area contributed by atoms with E-state index in [9.17, 15) is 9.59 Å². The van der Waals surface area contributed by atoms with E-state index < -0.39 is 5.97 Å². The topological polar surface area (TPSA) is 69.6 Å². The van der Waals surface area contributed by atoms with E-state index in [0.717, 1.165) is 6.54 Å². The Morgan fingerprint density at radius 3 is 2.44 bits per heavy atom. The second-order valence-corrected chi connectivity index (χ2v) is 5.55. The summed E-state index contributed by atoms with van der Waals surface area (Å²) in [5, 5.41) is 11.8. The maximum atomic E-state index is 11.9. The minimum Gasteiger partial charge on any atom is -0.481 e. The second kappa shape index (κ2) is 5.69. The number of carboxylic acid groups (broad SMARTS) is 1. The van der Waals surface area contributed by atoms with Gasteiger partial charge in [-0.15, -0.1) is 0 Å². The highest BCUT2D eigenvalue weighted by Gasteiger charge is 2.33. The van der Waals surface area contributed by atoms with Gasteiger partial charge in [0.05, 0.1) is 5.92 Å². The Hall–Kier alpha value is -1.10. The smallest absolute Gasteiger partial charge is 0.306 e. The summed E-state index contributed by atoms with van der Waals surface area (Å²) in [5.41, 5.74) is 0. The van der Waals surface area contributed by atoms with Crippen LogP contribution in [-0.4, -0.2) is 48.1 Å².